The van der Waals surface area contributed by atoms with E-state index in [1.165, 1.54) is 0 Å². The molecule has 0 saturated carbocycles. The molecular weight excluding hydrogens is 190 g/mol. The van der Waals surface area contributed by atoms with Gasteiger partial charge in [-0.15, -0.1) is 0 Å². The lowest BCUT2D eigenvalue weighted by Crippen LogP contribution is -2.09. The van der Waals surface area contributed by atoms with Gasteiger partial charge in [-0.2, -0.15) is 5.26 Å². The number of unbranched alkanes of at least 4 members (excludes halogenated alkanes) is 1. The van der Waals surface area contributed by atoms with E-state index >= 15 is 0 Å². The lowest BCUT2D eigenvalue weighted by Gasteiger charge is -2.13. The molecular formula is C11H17N3O. The third-order valence-corrected chi connectivity index (χ3v) is 2.22. The van der Waals surface area contributed by atoms with Crippen LogP contribution in [0.3, 0.4) is 0 Å². The Hall–Kier alpha value is -1.34. The van der Waals surface area contributed by atoms with Crippen LogP contribution >= 0.6 is 0 Å². The fraction of sp³-hybridized carbons (Fsp3) is 0.636. The maximum atomic E-state index is 8.46. The zero-order valence-electron chi connectivity index (χ0n) is 9.31. The number of nitrogens with zero attached hydrogens (tertiary/aromatic N) is 3. The second-order valence-electron chi connectivity index (χ2n) is 3.34. The Bertz CT molecular complexity index is 327. The normalized spacial score (nSPS) is 12.3. The van der Waals surface area contributed by atoms with Crippen LogP contribution in [0.4, 0.5) is 0 Å². The Morgan fingerprint density at radius 1 is 1.67 bits per heavy atom. The second-order valence-corrected chi connectivity index (χ2v) is 3.34. The van der Waals surface area contributed by atoms with Gasteiger partial charge in [0.15, 0.2) is 0 Å². The highest BCUT2D eigenvalue weighted by atomic mass is 16.5. The molecule has 0 fully saturated rings. The quantitative estimate of drug-likeness (QED) is 0.672. The Balaban J connectivity index is 2.57. The largest absolute Gasteiger partial charge is 0.371 e. The van der Waals surface area contributed by atoms with E-state index in [2.05, 4.69) is 15.6 Å². The summed E-state index contributed by atoms with van der Waals surface area (Å²) < 4.78 is 7.54. The summed E-state index contributed by atoms with van der Waals surface area (Å²) >= 11 is 0. The summed E-state index contributed by atoms with van der Waals surface area (Å²) in [6.45, 7) is 5.48. The van der Waals surface area contributed by atoms with E-state index in [-0.39, 0.29) is 6.10 Å². The van der Waals surface area contributed by atoms with Gasteiger partial charge in [0.1, 0.15) is 11.9 Å². The number of nitriles is 1. The van der Waals surface area contributed by atoms with E-state index in [0.717, 1.165) is 18.8 Å². The summed E-state index contributed by atoms with van der Waals surface area (Å²) in [6.07, 6.45) is 5.17. The molecule has 4 heteroatoms. The van der Waals surface area contributed by atoms with Gasteiger partial charge in [-0.25, -0.2) is 4.98 Å². The fourth-order valence-electron chi connectivity index (χ4n) is 1.52. The molecule has 0 aliphatic rings. The van der Waals surface area contributed by atoms with Crippen LogP contribution in [0.2, 0.25) is 0 Å². The molecule has 0 amide bonds. The number of hydrogen-bond donors (Lipinski definition) is 0. The smallest absolute Gasteiger partial charge is 0.137 e. The number of ether oxygens (including phenoxy) is 1. The molecule has 0 N–H and O–H groups in total. The van der Waals surface area contributed by atoms with Crippen molar-refractivity contribution >= 4 is 0 Å². The van der Waals surface area contributed by atoms with E-state index < -0.39 is 0 Å². The second kappa shape index (κ2) is 6.20. The number of aryl methyl sites for hydroxylation is 1. The molecule has 15 heavy (non-hydrogen) atoms. The predicted octanol–water partition coefficient (Wildman–Crippen LogP) is 2.28. The first-order valence-corrected chi connectivity index (χ1v) is 5.29. The van der Waals surface area contributed by atoms with Crippen LogP contribution in [0.15, 0.2) is 12.4 Å². The van der Waals surface area contributed by atoms with Crippen molar-refractivity contribution in [2.24, 2.45) is 0 Å². The van der Waals surface area contributed by atoms with Crippen molar-refractivity contribution in [1.82, 2.24) is 9.55 Å². The molecule has 0 bridgehead atoms. The van der Waals surface area contributed by atoms with Crippen molar-refractivity contribution in [2.45, 2.75) is 39.3 Å². The summed E-state index contributed by atoms with van der Waals surface area (Å²) in [6, 6.07) is 2.14. The summed E-state index contributed by atoms with van der Waals surface area (Å²) in [4.78, 5) is 4.27. The minimum Gasteiger partial charge on any atom is -0.371 e. The first-order chi connectivity index (χ1) is 7.29. The highest BCUT2D eigenvalue weighted by Gasteiger charge is 2.10. The summed E-state index contributed by atoms with van der Waals surface area (Å²) in [7, 11) is 0. The predicted molar refractivity (Wildman–Crippen MR) is 57.1 cm³/mol. The standard InChI is InChI=1S/C11H17N3O/c1-3-15-10(2)11-13-7-9-14(11)8-5-4-6-12/h7,9-10H,3-5,8H2,1-2H3/t10-/m0/s1. The fourth-order valence-corrected chi connectivity index (χ4v) is 1.52. The minimum absolute atomic E-state index is 0.0204. The molecule has 1 aromatic rings. The van der Waals surface area contributed by atoms with Crippen molar-refractivity contribution in [1.29, 1.82) is 5.26 Å². The number of imidazole rings is 1. The summed E-state index contributed by atoms with van der Waals surface area (Å²) in [5, 5.41) is 8.46. The van der Waals surface area contributed by atoms with Crippen molar-refractivity contribution in [2.75, 3.05) is 6.61 Å². The molecule has 0 radical (unpaired) electrons. The van der Waals surface area contributed by atoms with Gasteiger partial charge in [-0.1, -0.05) is 0 Å². The zero-order valence-corrected chi connectivity index (χ0v) is 9.31. The average Bonchev–Trinajstić information content (AvgIpc) is 2.67. The van der Waals surface area contributed by atoms with Crippen LogP contribution in [0.25, 0.3) is 0 Å². The lowest BCUT2D eigenvalue weighted by atomic mass is 10.3. The average molecular weight is 207 g/mol. The third kappa shape index (κ3) is 3.37. The number of hydrogen-bond acceptors (Lipinski definition) is 3. The van der Waals surface area contributed by atoms with Crippen LogP contribution in [0.5, 0.6) is 0 Å². The first-order valence-electron chi connectivity index (χ1n) is 5.29. The molecule has 0 aromatic carbocycles. The van der Waals surface area contributed by atoms with Crippen LogP contribution in [0.1, 0.15) is 38.6 Å². The van der Waals surface area contributed by atoms with Crippen LogP contribution in [0, 0.1) is 11.3 Å². The highest BCUT2D eigenvalue weighted by Crippen LogP contribution is 2.14. The summed E-state index contributed by atoms with van der Waals surface area (Å²) in [5.41, 5.74) is 0. The third-order valence-electron chi connectivity index (χ3n) is 2.22. The van der Waals surface area contributed by atoms with Gasteiger partial charge in [-0.05, 0) is 20.3 Å². The van der Waals surface area contributed by atoms with E-state index in [4.69, 9.17) is 10.00 Å². The Morgan fingerprint density at radius 2 is 2.47 bits per heavy atom. The zero-order chi connectivity index (χ0) is 11.1. The van der Waals surface area contributed by atoms with Gasteiger partial charge in [0.25, 0.3) is 0 Å². The van der Waals surface area contributed by atoms with Crippen molar-refractivity contribution in [3.05, 3.63) is 18.2 Å². The topological polar surface area (TPSA) is 50.8 Å². The van der Waals surface area contributed by atoms with E-state index in [1.54, 1.807) is 6.20 Å². The molecule has 4 nitrogen and oxygen atoms in total. The molecule has 1 heterocycles. The Morgan fingerprint density at radius 3 is 3.13 bits per heavy atom. The molecule has 82 valence electrons. The maximum absolute atomic E-state index is 8.46. The molecule has 0 aliphatic heterocycles. The van der Waals surface area contributed by atoms with Crippen molar-refractivity contribution < 1.29 is 4.74 Å². The molecule has 1 aromatic heterocycles. The van der Waals surface area contributed by atoms with Crippen LogP contribution in [-0.2, 0) is 11.3 Å². The molecule has 0 unspecified atom stereocenters. The SMILES string of the molecule is CCO[C@@H](C)c1nccn1CCCC#N. The molecule has 0 spiro atoms. The van der Waals surface area contributed by atoms with Gasteiger partial charge in [0.05, 0.1) is 6.07 Å². The van der Waals surface area contributed by atoms with Crippen molar-refractivity contribution in [3.63, 3.8) is 0 Å². The molecule has 1 rings (SSSR count). The van der Waals surface area contributed by atoms with Gasteiger partial charge < -0.3 is 9.30 Å². The highest BCUT2D eigenvalue weighted by molar-refractivity contribution is 4.95. The van der Waals surface area contributed by atoms with Gasteiger partial charge >= 0.3 is 0 Å². The minimum atomic E-state index is 0.0204. The molecule has 1 atom stereocenters. The van der Waals surface area contributed by atoms with E-state index in [0.29, 0.717) is 13.0 Å². The van der Waals surface area contributed by atoms with E-state index in [1.807, 2.05) is 20.0 Å². The lowest BCUT2D eigenvalue weighted by molar-refractivity contribution is 0.0674. The summed E-state index contributed by atoms with van der Waals surface area (Å²) in [5.74, 6) is 0.940. The van der Waals surface area contributed by atoms with Crippen LogP contribution in [-0.4, -0.2) is 16.2 Å². The number of aromatic nitrogens is 2. The van der Waals surface area contributed by atoms with Gasteiger partial charge in [0, 0.05) is 32.0 Å². The maximum Gasteiger partial charge on any atom is 0.137 e. The number of rotatable bonds is 6. The Kier molecular flexibility index (Phi) is 4.85. The molecule has 0 saturated heterocycles. The first kappa shape index (κ1) is 11.7. The molecule has 0 aliphatic carbocycles. The van der Waals surface area contributed by atoms with Gasteiger partial charge in [-0.3, -0.25) is 0 Å². The van der Waals surface area contributed by atoms with Crippen molar-refractivity contribution in [3.8, 4) is 6.07 Å². The van der Waals surface area contributed by atoms with E-state index in [9.17, 15) is 0 Å². The Labute approximate surface area is 90.5 Å². The van der Waals surface area contributed by atoms with Crippen LogP contribution < -0.4 is 0 Å². The monoisotopic (exact) mass is 207 g/mol. The van der Waals surface area contributed by atoms with Gasteiger partial charge in [0.2, 0.25) is 0 Å².